The first-order valence-electron chi connectivity index (χ1n) is 7.50. The molecule has 20 heavy (non-hydrogen) atoms. The minimum atomic E-state index is 0.194. The van der Waals surface area contributed by atoms with Gasteiger partial charge >= 0.3 is 0 Å². The highest BCUT2D eigenvalue weighted by molar-refractivity contribution is 9.10. The van der Waals surface area contributed by atoms with E-state index < -0.39 is 0 Å². The minimum Gasteiger partial charge on any atom is -0.378 e. The first kappa shape index (κ1) is 15.8. The Bertz CT molecular complexity index is 428. The van der Waals surface area contributed by atoms with Crippen LogP contribution in [0.4, 0.5) is 5.69 Å². The maximum absolute atomic E-state index is 5.87. The summed E-state index contributed by atoms with van der Waals surface area (Å²) in [6, 6.07) is 6.82. The molecular weight excluding hydrogens is 316 g/mol. The van der Waals surface area contributed by atoms with Crippen molar-refractivity contribution in [1.82, 2.24) is 0 Å². The summed E-state index contributed by atoms with van der Waals surface area (Å²) in [6.07, 6.45) is 3.59. The summed E-state index contributed by atoms with van der Waals surface area (Å²) in [6.45, 7) is 7.08. The maximum atomic E-state index is 5.87. The highest BCUT2D eigenvalue weighted by Gasteiger charge is 2.19. The second-order valence-corrected chi connectivity index (χ2v) is 6.45. The average molecular weight is 341 g/mol. The van der Waals surface area contributed by atoms with Gasteiger partial charge in [0.15, 0.2) is 0 Å². The van der Waals surface area contributed by atoms with Crippen molar-refractivity contribution in [1.29, 1.82) is 0 Å². The number of hydrogen-bond acceptors (Lipinski definition) is 3. The molecule has 0 radical (unpaired) electrons. The Balaban J connectivity index is 1.98. The van der Waals surface area contributed by atoms with Gasteiger partial charge in [0.05, 0.1) is 6.10 Å². The van der Waals surface area contributed by atoms with Gasteiger partial charge in [0.2, 0.25) is 0 Å². The van der Waals surface area contributed by atoms with Gasteiger partial charge in [-0.1, -0.05) is 22.0 Å². The van der Waals surface area contributed by atoms with E-state index in [9.17, 15) is 0 Å². The van der Waals surface area contributed by atoms with Crippen LogP contribution >= 0.6 is 15.9 Å². The van der Waals surface area contributed by atoms with Crippen LogP contribution < -0.4 is 10.6 Å². The fourth-order valence-electron chi connectivity index (χ4n) is 2.76. The highest BCUT2D eigenvalue weighted by atomic mass is 79.9. The number of nitrogens with two attached hydrogens (primary N) is 1. The lowest BCUT2D eigenvalue weighted by atomic mass is 10.0. The SMILES string of the molecule is CCOC1CCN(c2ccc(CC(C)N)c(Br)c2)CC1. The molecule has 4 heteroatoms. The third kappa shape index (κ3) is 4.21. The van der Waals surface area contributed by atoms with Crippen LogP contribution in [-0.4, -0.2) is 31.8 Å². The number of piperidine rings is 1. The molecule has 1 aliphatic rings. The standard InChI is InChI=1S/C16H25BrN2O/c1-3-20-15-6-8-19(9-7-15)14-5-4-13(10-12(2)18)16(17)11-14/h4-5,11-12,15H,3,6-10,18H2,1-2H3. The molecule has 1 unspecified atom stereocenters. The summed E-state index contributed by atoms with van der Waals surface area (Å²) >= 11 is 3.67. The molecule has 1 atom stereocenters. The lowest BCUT2D eigenvalue weighted by Crippen LogP contribution is -2.37. The number of nitrogens with zero attached hydrogens (tertiary/aromatic N) is 1. The molecular formula is C16H25BrN2O. The van der Waals surface area contributed by atoms with Gasteiger partial charge in [-0.2, -0.15) is 0 Å². The molecule has 112 valence electrons. The Kier molecular flexibility index (Phi) is 5.87. The van der Waals surface area contributed by atoms with E-state index in [-0.39, 0.29) is 6.04 Å². The fourth-order valence-corrected chi connectivity index (χ4v) is 3.29. The molecule has 1 heterocycles. The molecule has 1 fully saturated rings. The normalized spacial score (nSPS) is 18.3. The first-order valence-corrected chi connectivity index (χ1v) is 8.30. The first-order chi connectivity index (χ1) is 9.60. The van der Waals surface area contributed by atoms with Crippen LogP contribution in [0.5, 0.6) is 0 Å². The fraction of sp³-hybridized carbons (Fsp3) is 0.625. The van der Waals surface area contributed by atoms with Crippen molar-refractivity contribution in [2.75, 3.05) is 24.6 Å². The minimum absolute atomic E-state index is 0.194. The summed E-state index contributed by atoms with van der Waals surface area (Å²) in [5.41, 5.74) is 8.45. The van der Waals surface area contributed by atoms with E-state index in [2.05, 4.69) is 46.0 Å². The number of hydrogen-bond donors (Lipinski definition) is 1. The summed E-state index contributed by atoms with van der Waals surface area (Å²) in [5, 5.41) is 0. The zero-order valence-corrected chi connectivity index (χ0v) is 14.0. The van der Waals surface area contributed by atoms with Crippen molar-refractivity contribution in [2.24, 2.45) is 5.73 Å². The zero-order chi connectivity index (χ0) is 14.5. The van der Waals surface area contributed by atoms with Gasteiger partial charge in [0.25, 0.3) is 0 Å². The van der Waals surface area contributed by atoms with E-state index in [1.54, 1.807) is 0 Å². The van der Waals surface area contributed by atoms with Crippen LogP contribution in [0.25, 0.3) is 0 Å². The van der Waals surface area contributed by atoms with E-state index >= 15 is 0 Å². The summed E-state index contributed by atoms with van der Waals surface area (Å²) in [5.74, 6) is 0. The molecule has 1 aromatic carbocycles. The van der Waals surface area contributed by atoms with Gasteiger partial charge in [0.1, 0.15) is 0 Å². The van der Waals surface area contributed by atoms with Gasteiger partial charge in [-0.3, -0.25) is 0 Å². The molecule has 3 nitrogen and oxygen atoms in total. The number of anilines is 1. The highest BCUT2D eigenvalue weighted by Crippen LogP contribution is 2.27. The van der Waals surface area contributed by atoms with E-state index in [4.69, 9.17) is 10.5 Å². The molecule has 0 spiro atoms. The van der Waals surface area contributed by atoms with Crippen LogP contribution in [0.1, 0.15) is 32.3 Å². The number of halogens is 1. The molecule has 2 rings (SSSR count). The van der Waals surface area contributed by atoms with Crippen molar-refractivity contribution in [2.45, 2.75) is 45.3 Å². The maximum Gasteiger partial charge on any atom is 0.0608 e. The van der Waals surface area contributed by atoms with E-state index in [0.717, 1.165) is 39.0 Å². The zero-order valence-electron chi connectivity index (χ0n) is 12.4. The van der Waals surface area contributed by atoms with E-state index in [1.165, 1.54) is 15.7 Å². The monoisotopic (exact) mass is 340 g/mol. The topological polar surface area (TPSA) is 38.5 Å². The molecule has 1 saturated heterocycles. The van der Waals surface area contributed by atoms with Crippen LogP contribution in [0.2, 0.25) is 0 Å². The lowest BCUT2D eigenvalue weighted by molar-refractivity contribution is 0.0459. The lowest BCUT2D eigenvalue weighted by Gasteiger charge is -2.33. The van der Waals surface area contributed by atoms with Gasteiger partial charge in [-0.05, 0) is 50.8 Å². The van der Waals surface area contributed by atoms with Gasteiger partial charge < -0.3 is 15.4 Å². The summed E-state index contributed by atoms with van der Waals surface area (Å²) in [7, 11) is 0. The predicted octanol–water partition coefficient (Wildman–Crippen LogP) is 3.34. The molecule has 1 aromatic rings. The van der Waals surface area contributed by atoms with E-state index in [1.807, 2.05) is 6.92 Å². The second-order valence-electron chi connectivity index (χ2n) is 5.60. The molecule has 0 saturated carbocycles. The number of rotatable bonds is 5. The Morgan fingerprint density at radius 1 is 1.40 bits per heavy atom. The van der Waals surface area contributed by atoms with Crippen LogP contribution in [0.3, 0.4) is 0 Å². The van der Waals surface area contributed by atoms with Crippen LogP contribution in [-0.2, 0) is 11.2 Å². The van der Waals surface area contributed by atoms with Crippen molar-refractivity contribution in [3.8, 4) is 0 Å². The molecule has 0 aliphatic carbocycles. The van der Waals surface area contributed by atoms with Gasteiger partial charge in [0, 0.05) is 35.9 Å². The third-order valence-corrected chi connectivity index (χ3v) is 4.53. The summed E-state index contributed by atoms with van der Waals surface area (Å²) in [4.78, 5) is 2.44. The molecule has 2 N–H and O–H groups in total. The summed E-state index contributed by atoms with van der Waals surface area (Å²) < 4.78 is 6.87. The van der Waals surface area contributed by atoms with Crippen LogP contribution in [0.15, 0.2) is 22.7 Å². The van der Waals surface area contributed by atoms with Gasteiger partial charge in [-0.25, -0.2) is 0 Å². The predicted molar refractivity (Wildman–Crippen MR) is 88.4 cm³/mol. The Morgan fingerprint density at radius 2 is 2.10 bits per heavy atom. The Hall–Kier alpha value is -0.580. The van der Waals surface area contributed by atoms with Crippen molar-refractivity contribution in [3.05, 3.63) is 28.2 Å². The molecule has 0 bridgehead atoms. The van der Waals surface area contributed by atoms with Gasteiger partial charge in [-0.15, -0.1) is 0 Å². The van der Waals surface area contributed by atoms with Crippen molar-refractivity contribution >= 4 is 21.6 Å². The largest absolute Gasteiger partial charge is 0.378 e. The number of ether oxygens (including phenoxy) is 1. The van der Waals surface area contributed by atoms with Crippen molar-refractivity contribution in [3.63, 3.8) is 0 Å². The Morgan fingerprint density at radius 3 is 2.65 bits per heavy atom. The Labute approximate surface area is 130 Å². The average Bonchev–Trinajstić information content (AvgIpc) is 2.42. The number of benzene rings is 1. The quantitative estimate of drug-likeness (QED) is 0.893. The smallest absolute Gasteiger partial charge is 0.0608 e. The molecule has 1 aliphatic heterocycles. The van der Waals surface area contributed by atoms with Crippen LogP contribution in [0, 0.1) is 0 Å². The van der Waals surface area contributed by atoms with E-state index in [0.29, 0.717) is 6.10 Å². The molecule has 0 aromatic heterocycles. The second kappa shape index (κ2) is 7.43. The third-order valence-electron chi connectivity index (χ3n) is 3.79. The molecule has 0 amide bonds. The van der Waals surface area contributed by atoms with Crippen molar-refractivity contribution < 1.29 is 4.74 Å².